The van der Waals surface area contributed by atoms with E-state index >= 15 is 0 Å². The van der Waals surface area contributed by atoms with Crippen LogP contribution >= 0.6 is 11.6 Å². The Labute approximate surface area is 115 Å². The van der Waals surface area contributed by atoms with Crippen LogP contribution in [0.5, 0.6) is 0 Å². The standard InChI is InChI=1S/C14H12ClFN2O/c15-13-12(19)5-11(16)6-14(13,8-18)10-3-1-2-9(4-10)7-17/h1-6,13,19H,8,18H2. The summed E-state index contributed by atoms with van der Waals surface area (Å²) in [5, 5.41) is 17.8. The van der Waals surface area contributed by atoms with Gasteiger partial charge < -0.3 is 10.8 Å². The van der Waals surface area contributed by atoms with Crippen molar-refractivity contribution in [2.24, 2.45) is 5.73 Å². The van der Waals surface area contributed by atoms with Gasteiger partial charge in [-0.3, -0.25) is 0 Å². The van der Waals surface area contributed by atoms with E-state index in [1.54, 1.807) is 24.3 Å². The molecule has 0 fully saturated rings. The fraction of sp³-hybridized carbons (Fsp3) is 0.214. The molecule has 98 valence electrons. The van der Waals surface area contributed by atoms with Gasteiger partial charge in [0, 0.05) is 12.6 Å². The van der Waals surface area contributed by atoms with Crippen LogP contribution in [0.4, 0.5) is 4.39 Å². The molecule has 0 amide bonds. The molecule has 1 aromatic carbocycles. The van der Waals surface area contributed by atoms with Crippen molar-refractivity contribution in [1.29, 1.82) is 5.26 Å². The van der Waals surface area contributed by atoms with E-state index < -0.39 is 16.6 Å². The number of nitriles is 1. The van der Waals surface area contributed by atoms with Crippen molar-refractivity contribution in [3.63, 3.8) is 0 Å². The van der Waals surface area contributed by atoms with Crippen molar-refractivity contribution in [3.05, 3.63) is 59.1 Å². The maximum Gasteiger partial charge on any atom is 0.123 e. The summed E-state index contributed by atoms with van der Waals surface area (Å²) in [6.07, 6.45) is 2.26. The number of hydrogen-bond acceptors (Lipinski definition) is 3. The van der Waals surface area contributed by atoms with Crippen molar-refractivity contribution >= 4 is 11.6 Å². The average molecular weight is 279 g/mol. The number of nitrogens with two attached hydrogens (primary N) is 1. The van der Waals surface area contributed by atoms with Crippen molar-refractivity contribution in [1.82, 2.24) is 0 Å². The minimum Gasteiger partial charge on any atom is -0.511 e. The van der Waals surface area contributed by atoms with Gasteiger partial charge in [-0.2, -0.15) is 5.26 Å². The number of halogens is 2. The zero-order valence-corrected chi connectivity index (χ0v) is 10.7. The summed E-state index contributed by atoms with van der Waals surface area (Å²) in [4.78, 5) is 0. The van der Waals surface area contributed by atoms with Gasteiger partial charge in [-0.25, -0.2) is 4.39 Å². The number of aliphatic hydroxyl groups excluding tert-OH is 1. The maximum absolute atomic E-state index is 13.6. The van der Waals surface area contributed by atoms with Gasteiger partial charge in [-0.1, -0.05) is 12.1 Å². The quantitative estimate of drug-likeness (QED) is 0.817. The molecule has 0 saturated carbocycles. The summed E-state index contributed by atoms with van der Waals surface area (Å²) >= 11 is 6.19. The second-order valence-electron chi connectivity index (χ2n) is 4.40. The third kappa shape index (κ3) is 2.23. The Hall–Kier alpha value is -1.83. The first-order valence-electron chi connectivity index (χ1n) is 5.67. The van der Waals surface area contributed by atoms with Gasteiger partial charge in [0.15, 0.2) is 0 Å². The molecule has 0 heterocycles. The zero-order valence-electron chi connectivity index (χ0n) is 9.98. The van der Waals surface area contributed by atoms with E-state index in [9.17, 15) is 9.50 Å². The third-order valence-electron chi connectivity index (χ3n) is 3.26. The maximum atomic E-state index is 13.6. The molecule has 3 N–H and O–H groups in total. The number of benzene rings is 1. The summed E-state index contributed by atoms with van der Waals surface area (Å²) in [5.41, 5.74) is 5.73. The molecule has 1 aromatic rings. The number of allylic oxidation sites excluding steroid dienone is 3. The minimum atomic E-state index is -1.06. The Balaban J connectivity index is 2.61. The van der Waals surface area contributed by atoms with E-state index in [2.05, 4.69) is 0 Å². The third-order valence-corrected chi connectivity index (χ3v) is 3.87. The topological polar surface area (TPSA) is 70.0 Å². The molecule has 0 bridgehead atoms. The molecule has 2 rings (SSSR count). The number of alkyl halides is 1. The fourth-order valence-corrected chi connectivity index (χ4v) is 2.57. The molecule has 2 unspecified atom stereocenters. The Morgan fingerprint density at radius 2 is 2.26 bits per heavy atom. The van der Waals surface area contributed by atoms with Crippen molar-refractivity contribution in [2.45, 2.75) is 10.8 Å². The number of nitrogens with zero attached hydrogens (tertiary/aromatic N) is 1. The smallest absolute Gasteiger partial charge is 0.123 e. The van der Waals surface area contributed by atoms with Crippen LogP contribution in [0.15, 0.2) is 48.0 Å². The van der Waals surface area contributed by atoms with Gasteiger partial charge in [0.2, 0.25) is 0 Å². The van der Waals surface area contributed by atoms with Crippen LogP contribution in [0.3, 0.4) is 0 Å². The van der Waals surface area contributed by atoms with E-state index in [1.807, 2.05) is 6.07 Å². The van der Waals surface area contributed by atoms with E-state index in [-0.39, 0.29) is 12.3 Å². The summed E-state index contributed by atoms with van der Waals surface area (Å²) in [6.45, 7) is 0.0152. The Morgan fingerprint density at radius 3 is 2.89 bits per heavy atom. The Bertz CT molecular complexity index is 606. The first kappa shape index (κ1) is 13.6. The zero-order chi connectivity index (χ0) is 14.0. The molecule has 2 atom stereocenters. The molecular formula is C14H12ClFN2O. The van der Waals surface area contributed by atoms with E-state index in [4.69, 9.17) is 22.6 Å². The number of aliphatic hydroxyl groups is 1. The van der Waals surface area contributed by atoms with Gasteiger partial charge in [-0.05, 0) is 23.8 Å². The minimum absolute atomic E-state index is 0.0152. The predicted molar refractivity (Wildman–Crippen MR) is 71.4 cm³/mol. The Morgan fingerprint density at radius 1 is 1.53 bits per heavy atom. The second-order valence-corrected chi connectivity index (χ2v) is 4.83. The SMILES string of the molecule is N#Cc1cccc(C2(CN)C=C(F)C=C(O)C2Cl)c1. The lowest BCUT2D eigenvalue weighted by molar-refractivity contribution is 0.343. The van der Waals surface area contributed by atoms with Gasteiger partial charge in [0.1, 0.15) is 17.0 Å². The van der Waals surface area contributed by atoms with Crippen LogP contribution in [0.1, 0.15) is 11.1 Å². The van der Waals surface area contributed by atoms with Gasteiger partial charge in [-0.15, -0.1) is 11.6 Å². The van der Waals surface area contributed by atoms with Gasteiger partial charge in [0.05, 0.1) is 17.0 Å². The lowest BCUT2D eigenvalue weighted by atomic mass is 9.74. The van der Waals surface area contributed by atoms with Crippen LogP contribution in [0.2, 0.25) is 0 Å². The van der Waals surface area contributed by atoms with Crippen LogP contribution in [-0.2, 0) is 5.41 Å². The molecule has 0 aromatic heterocycles. The van der Waals surface area contributed by atoms with Crippen molar-refractivity contribution in [3.8, 4) is 6.07 Å². The highest BCUT2D eigenvalue weighted by Crippen LogP contribution is 2.40. The fourth-order valence-electron chi connectivity index (χ4n) is 2.23. The molecule has 0 aliphatic heterocycles. The first-order chi connectivity index (χ1) is 9.03. The molecular weight excluding hydrogens is 267 g/mol. The highest BCUT2D eigenvalue weighted by atomic mass is 35.5. The highest BCUT2D eigenvalue weighted by Gasteiger charge is 2.42. The first-order valence-corrected chi connectivity index (χ1v) is 6.11. The number of rotatable bonds is 2. The highest BCUT2D eigenvalue weighted by molar-refractivity contribution is 6.23. The molecule has 0 spiro atoms. The molecule has 5 heteroatoms. The van der Waals surface area contributed by atoms with Crippen LogP contribution in [-0.4, -0.2) is 17.0 Å². The monoisotopic (exact) mass is 278 g/mol. The van der Waals surface area contributed by atoms with Crippen LogP contribution in [0.25, 0.3) is 0 Å². The van der Waals surface area contributed by atoms with Gasteiger partial charge >= 0.3 is 0 Å². The summed E-state index contributed by atoms with van der Waals surface area (Å²) < 4.78 is 13.6. The lowest BCUT2D eigenvalue weighted by Crippen LogP contribution is -2.44. The summed E-state index contributed by atoms with van der Waals surface area (Å²) in [7, 11) is 0. The largest absolute Gasteiger partial charge is 0.511 e. The average Bonchev–Trinajstić information content (AvgIpc) is 2.43. The molecule has 1 aliphatic carbocycles. The molecule has 3 nitrogen and oxygen atoms in total. The van der Waals surface area contributed by atoms with Crippen LogP contribution in [0, 0.1) is 11.3 Å². The van der Waals surface area contributed by atoms with E-state index in [0.717, 1.165) is 6.08 Å². The summed E-state index contributed by atoms with van der Waals surface area (Å²) in [5.74, 6) is -0.864. The molecule has 0 radical (unpaired) electrons. The summed E-state index contributed by atoms with van der Waals surface area (Å²) in [6, 6.07) is 8.64. The molecule has 19 heavy (non-hydrogen) atoms. The predicted octanol–water partition coefficient (Wildman–Crippen LogP) is 2.67. The normalized spacial score (nSPS) is 26.3. The lowest BCUT2D eigenvalue weighted by Gasteiger charge is -2.36. The number of hydrogen-bond donors (Lipinski definition) is 2. The molecule has 0 saturated heterocycles. The van der Waals surface area contributed by atoms with Gasteiger partial charge in [0.25, 0.3) is 0 Å². The van der Waals surface area contributed by atoms with Crippen molar-refractivity contribution in [2.75, 3.05) is 6.54 Å². The van der Waals surface area contributed by atoms with Crippen molar-refractivity contribution < 1.29 is 9.50 Å². The van der Waals surface area contributed by atoms with Crippen LogP contribution < -0.4 is 5.73 Å². The van der Waals surface area contributed by atoms with E-state index in [1.165, 1.54) is 6.08 Å². The van der Waals surface area contributed by atoms with E-state index in [0.29, 0.717) is 11.1 Å². The second kappa shape index (κ2) is 5.04. The molecule has 1 aliphatic rings. The Kier molecular flexibility index (Phi) is 3.61.